The average molecular weight is 427 g/mol. The number of methoxy groups -OCH3 is 1. The highest BCUT2D eigenvalue weighted by molar-refractivity contribution is 6.30. The number of nitrogens with zero attached hydrogens (tertiary/aromatic N) is 1. The number of ether oxygens (including phenoxy) is 2. The highest BCUT2D eigenvalue weighted by Gasteiger charge is 2.61. The van der Waals surface area contributed by atoms with Gasteiger partial charge in [0.1, 0.15) is 17.4 Å². The molecule has 30 heavy (non-hydrogen) atoms. The van der Waals surface area contributed by atoms with Crippen LogP contribution in [0.5, 0.6) is 11.5 Å². The summed E-state index contributed by atoms with van der Waals surface area (Å²) < 4.78 is 11.8. The molecule has 2 saturated heterocycles. The molecule has 5 rings (SSSR count). The van der Waals surface area contributed by atoms with Crippen molar-refractivity contribution in [1.29, 1.82) is 0 Å². The summed E-state index contributed by atoms with van der Waals surface area (Å²) in [6.07, 6.45) is 0.661. The minimum absolute atomic E-state index is 0.0661. The lowest BCUT2D eigenvalue weighted by Gasteiger charge is -2.57. The van der Waals surface area contributed by atoms with Gasteiger partial charge in [-0.3, -0.25) is 9.59 Å². The van der Waals surface area contributed by atoms with Gasteiger partial charge in [0.25, 0.3) is 0 Å². The predicted octanol–water partition coefficient (Wildman–Crippen LogP) is 3.10. The van der Waals surface area contributed by atoms with Crippen molar-refractivity contribution in [2.75, 3.05) is 27.2 Å². The maximum Gasteiger partial charge on any atom is 0.234 e. The van der Waals surface area contributed by atoms with Gasteiger partial charge in [0.05, 0.1) is 12.7 Å². The number of para-hydroxylation sites is 1. The Labute approximate surface area is 180 Å². The van der Waals surface area contributed by atoms with E-state index in [1.54, 1.807) is 30.3 Å². The van der Waals surface area contributed by atoms with E-state index in [-0.39, 0.29) is 23.5 Å². The number of fused-ring (bicyclic) bond motifs is 2. The molecule has 2 aromatic rings. The van der Waals surface area contributed by atoms with Crippen LogP contribution in [0.3, 0.4) is 0 Å². The monoisotopic (exact) mass is 426 g/mol. The Kier molecular flexibility index (Phi) is 4.52. The first kappa shape index (κ1) is 19.4. The van der Waals surface area contributed by atoms with Crippen molar-refractivity contribution in [1.82, 2.24) is 10.2 Å². The van der Waals surface area contributed by atoms with Crippen molar-refractivity contribution in [2.45, 2.75) is 18.1 Å². The normalized spacial score (nSPS) is 29.8. The first-order valence-corrected chi connectivity index (χ1v) is 10.5. The minimum atomic E-state index is -0.882. The maximum absolute atomic E-state index is 13.7. The van der Waals surface area contributed by atoms with Gasteiger partial charge >= 0.3 is 0 Å². The molecular formula is C23H23ClN2O4. The molecule has 4 atom stereocenters. The van der Waals surface area contributed by atoms with Crippen LogP contribution in [0.15, 0.2) is 42.5 Å². The molecule has 6 nitrogen and oxygen atoms in total. The lowest BCUT2D eigenvalue weighted by molar-refractivity contribution is -0.157. The van der Waals surface area contributed by atoms with Crippen LogP contribution in [-0.4, -0.2) is 49.6 Å². The molecule has 3 heterocycles. The zero-order valence-corrected chi connectivity index (χ0v) is 17.6. The van der Waals surface area contributed by atoms with Crippen LogP contribution in [-0.2, 0) is 4.79 Å². The second kappa shape index (κ2) is 7.00. The van der Waals surface area contributed by atoms with Crippen LogP contribution in [0.25, 0.3) is 0 Å². The zero-order valence-electron chi connectivity index (χ0n) is 16.9. The van der Waals surface area contributed by atoms with E-state index in [9.17, 15) is 9.59 Å². The Morgan fingerprint density at radius 3 is 2.90 bits per heavy atom. The highest BCUT2D eigenvalue weighted by atomic mass is 35.5. The number of carbonyl (C=O) groups excluding carboxylic acids is 2. The highest BCUT2D eigenvalue weighted by Crippen LogP contribution is 2.54. The second-order valence-electron chi connectivity index (χ2n) is 8.35. The van der Waals surface area contributed by atoms with Crippen LogP contribution in [0.2, 0.25) is 5.02 Å². The SMILES string of the molecule is COc1ccccc1C(=O)C1C(=O)NC23CCN(C)CC2C1c1cc(Cl)ccc1O3. The molecule has 7 heteroatoms. The van der Waals surface area contributed by atoms with Crippen molar-refractivity contribution in [3.8, 4) is 11.5 Å². The molecule has 0 radical (unpaired) electrons. The third-order valence-corrected chi connectivity index (χ3v) is 6.90. The van der Waals surface area contributed by atoms with E-state index in [4.69, 9.17) is 21.1 Å². The van der Waals surface area contributed by atoms with Gasteiger partial charge in [-0.05, 0) is 37.4 Å². The molecule has 156 valence electrons. The standard InChI is InChI=1S/C23H23ClN2O4/c1-26-10-9-23-16(12-26)19(15-11-13(24)7-8-18(15)30-23)20(22(28)25-23)21(27)14-5-3-4-6-17(14)29-2/h3-8,11,16,19-20H,9-10,12H2,1-2H3,(H,25,28). The van der Waals surface area contributed by atoms with Gasteiger partial charge in [0.15, 0.2) is 11.5 Å². The lowest BCUT2D eigenvalue weighted by Crippen LogP contribution is -2.72. The number of hydrogen-bond acceptors (Lipinski definition) is 5. The molecule has 3 aliphatic rings. The van der Waals surface area contributed by atoms with E-state index in [2.05, 4.69) is 17.3 Å². The maximum atomic E-state index is 13.7. The Morgan fingerprint density at radius 1 is 1.30 bits per heavy atom. The smallest absolute Gasteiger partial charge is 0.234 e. The number of ketones is 1. The van der Waals surface area contributed by atoms with Gasteiger partial charge in [-0.1, -0.05) is 23.7 Å². The number of halogens is 1. The van der Waals surface area contributed by atoms with Crippen molar-refractivity contribution < 1.29 is 19.1 Å². The van der Waals surface area contributed by atoms with Gasteiger partial charge in [-0.25, -0.2) is 0 Å². The summed E-state index contributed by atoms with van der Waals surface area (Å²) in [6.45, 7) is 1.52. The largest absolute Gasteiger partial charge is 0.496 e. The van der Waals surface area contributed by atoms with Gasteiger partial charge in [0, 0.05) is 41.9 Å². The quantitative estimate of drug-likeness (QED) is 0.603. The van der Waals surface area contributed by atoms with Crippen LogP contribution >= 0.6 is 11.6 Å². The summed E-state index contributed by atoms with van der Waals surface area (Å²) in [5, 5.41) is 3.65. The molecule has 1 N–H and O–H groups in total. The fourth-order valence-corrected chi connectivity index (χ4v) is 5.45. The summed E-state index contributed by atoms with van der Waals surface area (Å²) in [5.74, 6) is -0.682. The lowest BCUT2D eigenvalue weighted by atomic mass is 9.63. The number of hydrogen-bond donors (Lipinski definition) is 1. The number of nitrogens with one attached hydrogen (secondary N) is 1. The molecule has 3 aliphatic heterocycles. The Bertz CT molecular complexity index is 1040. The molecular weight excluding hydrogens is 404 g/mol. The van der Waals surface area contributed by atoms with Gasteiger partial charge in [0.2, 0.25) is 5.91 Å². The van der Waals surface area contributed by atoms with E-state index in [0.717, 1.165) is 12.1 Å². The average Bonchev–Trinajstić information content (AvgIpc) is 2.74. The van der Waals surface area contributed by atoms with Crippen LogP contribution in [0, 0.1) is 11.8 Å². The number of rotatable bonds is 3. The van der Waals surface area contributed by atoms with Crippen LogP contribution in [0.4, 0.5) is 0 Å². The second-order valence-corrected chi connectivity index (χ2v) is 8.79. The molecule has 0 saturated carbocycles. The Morgan fingerprint density at radius 2 is 2.10 bits per heavy atom. The van der Waals surface area contributed by atoms with E-state index < -0.39 is 11.6 Å². The zero-order chi connectivity index (χ0) is 21.0. The topological polar surface area (TPSA) is 67.9 Å². The number of likely N-dealkylation sites (tertiary alicyclic amines) is 1. The Balaban J connectivity index is 1.67. The number of amides is 1. The van der Waals surface area contributed by atoms with Crippen molar-refractivity contribution in [3.63, 3.8) is 0 Å². The molecule has 4 unspecified atom stereocenters. The van der Waals surface area contributed by atoms with Gasteiger partial charge in [-0.15, -0.1) is 0 Å². The fourth-order valence-electron chi connectivity index (χ4n) is 5.27. The first-order valence-electron chi connectivity index (χ1n) is 10.1. The number of benzene rings is 2. The van der Waals surface area contributed by atoms with Crippen LogP contribution in [0.1, 0.15) is 28.3 Å². The summed E-state index contributed by atoms with van der Waals surface area (Å²) in [5.41, 5.74) is 0.431. The summed E-state index contributed by atoms with van der Waals surface area (Å²) in [4.78, 5) is 29.3. The summed E-state index contributed by atoms with van der Waals surface area (Å²) in [7, 11) is 3.58. The third-order valence-electron chi connectivity index (χ3n) is 6.66. The fraction of sp³-hybridized carbons (Fsp3) is 0.391. The molecule has 0 spiro atoms. The Hall–Kier alpha value is -2.57. The summed E-state index contributed by atoms with van der Waals surface area (Å²) in [6, 6.07) is 12.5. The molecule has 2 fully saturated rings. The van der Waals surface area contributed by atoms with E-state index >= 15 is 0 Å². The number of Topliss-reactive ketones (excluding diaryl/α,β-unsaturated/α-hetero) is 1. The summed E-state index contributed by atoms with van der Waals surface area (Å²) >= 11 is 6.31. The number of carbonyl (C=O) groups is 2. The van der Waals surface area contributed by atoms with Crippen molar-refractivity contribution in [2.24, 2.45) is 11.8 Å². The van der Waals surface area contributed by atoms with Gasteiger partial charge in [-0.2, -0.15) is 0 Å². The van der Waals surface area contributed by atoms with Crippen molar-refractivity contribution >= 4 is 23.3 Å². The molecule has 0 aliphatic carbocycles. The molecule has 2 aromatic carbocycles. The first-order chi connectivity index (χ1) is 14.4. The predicted molar refractivity (Wildman–Crippen MR) is 112 cm³/mol. The van der Waals surface area contributed by atoms with E-state index in [1.165, 1.54) is 7.11 Å². The minimum Gasteiger partial charge on any atom is -0.496 e. The van der Waals surface area contributed by atoms with Crippen molar-refractivity contribution in [3.05, 3.63) is 58.6 Å². The molecule has 0 aromatic heterocycles. The number of piperidine rings is 2. The van der Waals surface area contributed by atoms with E-state index in [1.807, 2.05) is 12.1 Å². The molecule has 2 bridgehead atoms. The van der Waals surface area contributed by atoms with Gasteiger partial charge < -0.3 is 19.7 Å². The van der Waals surface area contributed by atoms with E-state index in [0.29, 0.717) is 35.1 Å². The third kappa shape index (κ3) is 2.81. The van der Waals surface area contributed by atoms with Crippen LogP contribution < -0.4 is 14.8 Å². The molecule has 1 amide bonds.